The Morgan fingerprint density at radius 1 is 0.377 bits per heavy atom. The van der Waals surface area contributed by atoms with Gasteiger partial charge in [0.2, 0.25) is 11.6 Å². The molecule has 0 bridgehead atoms. The maximum absolute atomic E-state index is 7.33. The van der Waals surface area contributed by atoms with Crippen LogP contribution in [-0.4, -0.2) is 36.0 Å². The normalized spacial score (nSPS) is 13.8. The molecule has 0 unspecified atom stereocenters. The molecule has 0 atom stereocenters. The number of aryl methyl sites for hydroxylation is 2. The number of benzene rings is 8. The third-order valence-electron chi connectivity index (χ3n) is 13.1. The van der Waals surface area contributed by atoms with Gasteiger partial charge in [0.25, 0.3) is 0 Å². The first-order valence-electron chi connectivity index (χ1n) is 20.7. The molecule has 2 aliphatic rings. The van der Waals surface area contributed by atoms with E-state index in [1.807, 2.05) is 0 Å². The van der Waals surface area contributed by atoms with Crippen LogP contribution >= 0.6 is 0 Å². The molecule has 14 rings (SSSR count). The van der Waals surface area contributed by atoms with Gasteiger partial charge in [-0.1, -0.05) is 97.1 Å². The average molecular weight is 803 g/mol. The summed E-state index contributed by atoms with van der Waals surface area (Å²) in [5, 5.41) is 4.76. The molecule has 0 radical (unpaired) electrons. The fourth-order valence-electron chi connectivity index (χ4n) is 10.6. The van der Waals surface area contributed by atoms with Crippen LogP contribution in [0.2, 0.25) is 0 Å². The fourth-order valence-corrected chi connectivity index (χ4v) is 15.7. The molecule has 9 heteroatoms. The molecule has 0 saturated carbocycles. The van der Waals surface area contributed by atoms with Crippen molar-refractivity contribution >= 4 is 84.5 Å². The van der Waals surface area contributed by atoms with Crippen molar-refractivity contribution in [1.82, 2.24) is 27.9 Å². The maximum atomic E-state index is 7.33. The molecule has 0 fully saturated rings. The summed E-state index contributed by atoms with van der Waals surface area (Å²) in [6.07, 6.45) is 0. The number of para-hydroxylation sites is 8. The van der Waals surface area contributed by atoms with Gasteiger partial charge in [0.15, 0.2) is 8.07 Å². The molecule has 4 aromatic heterocycles. The van der Waals surface area contributed by atoms with Gasteiger partial charge in [-0.05, 0) is 106 Å². The third-order valence-corrected chi connectivity index (χ3v) is 18.0. The number of fused-ring (bicyclic) bond motifs is 18. The van der Waals surface area contributed by atoms with Crippen LogP contribution in [0.5, 0.6) is 23.0 Å². The Morgan fingerprint density at radius 2 is 0.770 bits per heavy atom. The van der Waals surface area contributed by atoms with Gasteiger partial charge in [0.1, 0.15) is 23.0 Å². The van der Waals surface area contributed by atoms with E-state index in [1.54, 1.807) is 0 Å². The predicted octanol–water partition coefficient (Wildman–Crippen LogP) is 9.38. The quantitative estimate of drug-likeness (QED) is 0.164. The Morgan fingerprint density at radius 3 is 1.26 bits per heavy atom. The van der Waals surface area contributed by atoms with E-state index in [1.165, 1.54) is 20.7 Å². The second kappa shape index (κ2) is 11.6. The minimum Gasteiger partial charge on any atom is -0.458 e. The van der Waals surface area contributed by atoms with Gasteiger partial charge in [-0.2, -0.15) is 0 Å². The number of nitrogens with zero attached hydrogens (tertiary/aromatic N) is 6. The first-order valence-corrected chi connectivity index (χ1v) is 22.7. The van der Waals surface area contributed by atoms with Crippen LogP contribution in [0, 0.1) is 13.8 Å². The largest absolute Gasteiger partial charge is 0.458 e. The summed E-state index contributed by atoms with van der Waals surface area (Å²) in [4.78, 5) is 10.6. The summed E-state index contributed by atoms with van der Waals surface area (Å²) in [5.41, 5.74) is 12.8. The minimum absolute atomic E-state index is 0.827. The highest BCUT2D eigenvalue weighted by atomic mass is 28.3. The first-order chi connectivity index (χ1) is 30.1. The topological polar surface area (TPSA) is 62.9 Å². The van der Waals surface area contributed by atoms with Crippen LogP contribution in [0.1, 0.15) is 11.1 Å². The summed E-state index contributed by atoms with van der Waals surface area (Å²) in [6, 6.07) is 60.7. The second-order valence-corrected chi connectivity index (χ2v) is 20.0. The molecule has 61 heavy (non-hydrogen) atoms. The van der Waals surface area contributed by atoms with E-state index in [0.29, 0.717) is 0 Å². The highest BCUT2D eigenvalue weighted by Crippen LogP contribution is 2.40. The van der Waals surface area contributed by atoms with E-state index in [2.05, 4.69) is 202 Å². The van der Waals surface area contributed by atoms with Crippen molar-refractivity contribution in [3.8, 4) is 34.4 Å². The van der Waals surface area contributed by atoms with Crippen LogP contribution in [0.25, 0.3) is 67.1 Å². The fraction of sp³-hybridized carbons (Fsp3) is 0.0385. The number of imidazole rings is 4. The Hall–Kier alpha value is -7.88. The van der Waals surface area contributed by atoms with E-state index in [-0.39, 0.29) is 0 Å². The van der Waals surface area contributed by atoms with Gasteiger partial charge < -0.3 is 9.47 Å². The molecule has 12 aromatic rings. The zero-order chi connectivity index (χ0) is 40.1. The van der Waals surface area contributed by atoms with Gasteiger partial charge in [-0.15, -0.1) is 0 Å². The lowest BCUT2D eigenvalue weighted by atomic mass is 10.2. The highest BCUT2D eigenvalue weighted by Gasteiger charge is 2.53. The molecule has 288 valence electrons. The Kier molecular flexibility index (Phi) is 6.30. The van der Waals surface area contributed by atoms with Gasteiger partial charge in [0.05, 0.1) is 55.5 Å². The zero-order valence-electron chi connectivity index (χ0n) is 33.2. The SMILES string of the molecule is Cc1cccc2c1nc1n(-c3ccc4c(c3)Oc3cc(-n5c6ccccc6n6c7cccc(C)c7nc56)ccc3[Si]43c4ccccc4Oc4ccccc43)c3ccccc3n21. The molecule has 0 saturated heterocycles. The summed E-state index contributed by atoms with van der Waals surface area (Å²) in [6.45, 7) is 4.26. The van der Waals surface area contributed by atoms with E-state index in [0.717, 1.165) is 101 Å². The van der Waals surface area contributed by atoms with Crippen molar-refractivity contribution in [3.05, 3.63) is 181 Å². The van der Waals surface area contributed by atoms with E-state index < -0.39 is 8.07 Å². The van der Waals surface area contributed by atoms with E-state index >= 15 is 0 Å². The lowest BCUT2D eigenvalue weighted by Gasteiger charge is -2.43. The molecule has 2 aliphatic heterocycles. The van der Waals surface area contributed by atoms with Crippen molar-refractivity contribution in [2.45, 2.75) is 13.8 Å². The Balaban J connectivity index is 1.07. The molecule has 0 amide bonds. The van der Waals surface area contributed by atoms with E-state index in [4.69, 9.17) is 19.4 Å². The number of hydrogen-bond donors (Lipinski definition) is 0. The van der Waals surface area contributed by atoms with Gasteiger partial charge >= 0.3 is 0 Å². The van der Waals surface area contributed by atoms with Crippen LogP contribution in [-0.2, 0) is 0 Å². The van der Waals surface area contributed by atoms with Gasteiger partial charge in [-0.25, -0.2) is 9.97 Å². The van der Waals surface area contributed by atoms with Gasteiger partial charge in [0, 0.05) is 12.1 Å². The number of hydrogen-bond acceptors (Lipinski definition) is 4. The van der Waals surface area contributed by atoms with E-state index in [9.17, 15) is 0 Å². The minimum atomic E-state index is -3.06. The highest BCUT2D eigenvalue weighted by molar-refractivity contribution is 7.21. The lowest BCUT2D eigenvalue weighted by Crippen LogP contribution is -2.77. The van der Waals surface area contributed by atoms with Crippen molar-refractivity contribution in [2.24, 2.45) is 0 Å². The van der Waals surface area contributed by atoms with Crippen molar-refractivity contribution in [3.63, 3.8) is 0 Å². The average Bonchev–Trinajstić information content (AvgIpc) is 4.04. The molecule has 0 aliphatic carbocycles. The molecular weight excluding hydrogens is 769 g/mol. The Labute approximate surface area is 349 Å². The van der Waals surface area contributed by atoms with Crippen LogP contribution < -0.4 is 30.2 Å². The predicted molar refractivity (Wildman–Crippen MR) is 246 cm³/mol. The zero-order valence-corrected chi connectivity index (χ0v) is 34.2. The molecule has 8 nitrogen and oxygen atoms in total. The van der Waals surface area contributed by atoms with Crippen LogP contribution in [0.15, 0.2) is 170 Å². The monoisotopic (exact) mass is 802 g/mol. The Bertz CT molecular complexity index is 3640. The molecule has 1 spiro atoms. The molecule has 8 aromatic carbocycles. The summed E-state index contributed by atoms with van der Waals surface area (Å²) < 4.78 is 23.2. The smallest absolute Gasteiger partial charge is 0.220 e. The van der Waals surface area contributed by atoms with Crippen molar-refractivity contribution < 1.29 is 9.47 Å². The molecule has 0 N–H and O–H groups in total. The summed E-state index contributed by atoms with van der Waals surface area (Å²) >= 11 is 0. The number of ether oxygens (including phenoxy) is 2. The van der Waals surface area contributed by atoms with Gasteiger partial charge in [-0.3, -0.25) is 17.9 Å². The van der Waals surface area contributed by atoms with Crippen molar-refractivity contribution in [2.75, 3.05) is 0 Å². The lowest BCUT2D eigenvalue weighted by molar-refractivity contribution is 0.481. The van der Waals surface area contributed by atoms with Crippen molar-refractivity contribution in [1.29, 1.82) is 0 Å². The maximum Gasteiger partial charge on any atom is 0.220 e. The first kappa shape index (κ1) is 33.0. The van der Waals surface area contributed by atoms with Crippen LogP contribution in [0.4, 0.5) is 0 Å². The third kappa shape index (κ3) is 4.13. The molecule has 6 heterocycles. The second-order valence-electron chi connectivity index (χ2n) is 16.3. The summed E-state index contributed by atoms with van der Waals surface area (Å²) in [5.74, 6) is 5.15. The molecular formula is C52H34N6O2Si. The summed E-state index contributed by atoms with van der Waals surface area (Å²) in [7, 11) is -3.06. The van der Waals surface area contributed by atoms with Crippen LogP contribution in [0.3, 0.4) is 0 Å². The standard InChI is InChI=1S/C52H34N6O2Si/c1-31-13-11-19-39-49(31)53-51-55(35-15-3-5-17-37(35)57(39)51)33-25-27-47-43(29-33)60-44-30-34(56-36-16-4-6-18-38(36)58-40-20-12-14-32(2)50(40)54-52(56)58)26-28-48(44)61(47)45-23-9-7-21-41(45)59-42-22-8-10-24-46(42)61/h3-30H,1-2H3. The number of rotatable bonds is 2. The number of aromatic nitrogens is 6.